The first-order chi connectivity index (χ1) is 4.72. The molecule has 2 heteroatoms. The normalized spacial score (nSPS) is 17.1. The number of aldehydes is 1. The van der Waals surface area contributed by atoms with Crippen LogP contribution in [0.2, 0.25) is 0 Å². The summed E-state index contributed by atoms with van der Waals surface area (Å²) in [4.78, 5) is 9.85. The van der Waals surface area contributed by atoms with Gasteiger partial charge in [-0.1, -0.05) is 19.9 Å². The first kappa shape index (κ1) is 9.37. The molecule has 0 fully saturated rings. The van der Waals surface area contributed by atoms with Gasteiger partial charge >= 0.3 is 0 Å². The van der Waals surface area contributed by atoms with Gasteiger partial charge in [-0.25, -0.2) is 0 Å². The zero-order valence-corrected chi connectivity index (χ0v) is 6.45. The SMILES string of the molecule is CCC(O)C(C)C=CC=O. The van der Waals surface area contributed by atoms with E-state index in [0.29, 0.717) is 0 Å². The molecule has 2 unspecified atom stereocenters. The molecule has 10 heavy (non-hydrogen) atoms. The molecule has 58 valence electrons. The molecule has 0 amide bonds. The summed E-state index contributed by atoms with van der Waals surface area (Å²) in [6.07, 6.45) is 4.25. The summed E-state index contributed by atoms with van der Waals surface area (Å²) in [7, 11) is 0. The van der Waals surface area contributed by atoms with Crippen molar-refractivity contribution in [3.63, 3.8) is 0 Å². The zero-order valence-electron chi connectivity index (χ0n) is 6.45. The molecule has 0 rings (SSSR count). The fourth-order valence-electron chi connectivity index (χ4n) is 0.721. The van der Waals surface area contributed by atoms with E-state index in [9.17, 15) is 9.90 Å². The third-order valence-corrected chi connectivity index (χ3v) is 1.52. The summed E-state index contributed by atoms with van der Waals surface area (Å²) in [6, 6.07) is 0. The maximum Gasteiger partial charge on any atom is 0.142 e. The van der Waals surface area contributed by atoms with Gasteiger partial charge in [0.05, 0.1) is 6.10 Å². The van der Waals surface area contributed by atoms with Gasteiger partial charge in [0.25, 0.3) is 0 Å². The predicted molar refractivity (Wildman–Crippen MR) is 40.7 cm³/mol. The maximum atomic E-state index is 9.85. The number of allylic oxidation sites excluding steroid dienone is 1. The average Bonchev–Trinajstić information content (AvgIpc) is 1.98. The molecule has 0 saturated heterocycles. The summed E-state index contributed by atoms with van der Waals surface area (Å²) in [6.45, 7) is 3.80. The summed E-state index contributed by atoms with van der Waals surface area (Å²) < 4.78 is 0. The third-order valence-electron chi connectivity index (χ3n) is 1.52. The van der Waals surface area contributed by atoms with Crippen LogP contribution >= 0.6 is 0 Å². The van der Waals surface area contributed by atoms with E-state index in [-0.39, 0.29) is 12.0 Å². The number of aliphatic hydroxyl groups is 1. The fourth-order valence-corrected chi connectivity index (χ4v) is 0.721. The molecule has 0 aromatic carbocycles. The Balaban J connectivity index is 3.70. The number of aliphatic hydroxyl groups excluding tert-OH is 1. The Morgan fingerprint density at radius 3 is 2.60 bits per heavy atom. The van der Waals surface area contributed by atoms with Crippen LogP contribution in [0.1, 0.15) is 20.3 Å². The summed E-state index contributed by atoms with van der Waals surface area (Å²) in [5.41, 5.74) is 0. The van der Waals surface area contributed by atoms with Gasteiger partial charge in [0.2, 0.25) is 0 Å². The lowest BCUT2D eigenvalue weighted by Gasteiger charge is -2.11. The van der Waals surface area contributed by atoms with Crippen molar-refractivity contribution in [2.75, 3.05) is 0 Å². The van der Waals surface area contributed by atoms with Crippen molar-refractivity contribution >= 4 is 6.29 Å². The van der Waals surface area contributed by atoms with E-state index < -0.39 is 0 Å². The lowest BCUT2D eigenvalue weighted by atomic mass is 10.0. The molecule has 0 aliphatic rings. The van der Waals surface area contributed by atoms with Crippen LogP contribution in [0.25, 0.3) is 0 Å². The quantitative estimate of drug-likeness (QED) is 0.472. The van der Waals surface area contributed by atoms with E-state index >= 15 is 0 Å². The zero-order chi connectivity index (χ0) is 7.98. The predicted octanol–water partition coefficient (Wildman–Crippen LogP) is 1.15. The first-order valence-corrected chi connectivity index (χ1v) is 3.52. The number of hydrogen-bond acceptors (Lipinski definition) is 2. The Morgan fingerprint density at radius 2 is 2.20 bits per heavy atom. The lowest BCUT2D eigenvalue weighted by molar-refractivity contribution is -0.104. The summed E-state index contributed by atoms with van der Waals surface area (Å²) in [5.74, 6) is 0.0789. The molecular formula is C8H14O2. The Labute approximate surface area is 61.6 Å². The van der Waals surface area contributed by atoms with Gasteiger partial charge < -0.3 is 5.11 Å². The van der Waals surface area contributed by atoms with E-state index in [4.69, 9.17) is 0 Å². The van der Waals surface area contributed by atoms with Gasteiger partial charge in [0.15, 0.2) is 0 Å². The van der Waals surface area contributed by atoms with Crippen LogP contribution in [0.15, 0.2) is 12.2 Å². The highest BCUT2D eigenvalue weighted by Gasteiger charge is 2.06. The van der Waals surface area contributed by atoms with Crippen LogP contribution in [0.4, 0.5) is 0 Å². The maximum absolute atomic E-state index is 9.85. The van der Waals surface area contributed by atoms with Gasteiger partial charge in [-0.05, 0) is 12.5 Å². The Morgan fingerprint density at radius 1 is 1.60 bits per heavy atom. The second kappa shape index (κ2) is 5.18. The van der Waals surface area contributed by atoms with Crippen molar-refractivity contribution in [2.45, 2.75) is 26.4 Å². The average molecular weight is 142 g/mol. The van der Waals surface area contributed by atoms with Crippen LogP contribution in [0.5, 0.6) is 0 Å². The van der Waals surface area contributed by atoms with Crippen LogP contribution < -0.4 is 0 Å². The molecule has 0 spiro atoms. The summed E-state index contributed by atoms with van der Waals surface area (Å²) >= 11 is 0. The lowest BCUT2D eigenvalue weighted by Crippen LogP contribution is -2.13. The minimum atomic E-state index is -0.323. The smallest absolute Gasteiger partial charge is 0.142 e. The molecule has 0 aliphatic heterocycles. The highest BCUT2D eigenvalue weighted by atomic mass is 16.3. The van der Waals surface area contributed by atoms with Crippen LogP contribution in [-0.2, 0) is 4.79 Å². The van der Waals surface area contributed by atoms with Crippen LogP contribution in [0.3, 0.4) is 0 Å². The van der Waals surface area contributed by atoms with E-state index in [1.165, 1.54) is 6.08 Å². The first-order valence-electron chi connectivity index (χ1n) is 3.52. The third kappa shape index (κ3) is 3.41. The van der Waals surface area contributed by atoms with Crippen molar-refractivity contribution in [2.24, 2.45) is 5.92 Å². The molecule has 0 aromatic rings. The second-order valence-corrected chi connectivity index (χ2v) is 2.36. The minimum absolute atomic E-state index is 0.0789. The number of carbonyl (C=O) groups is 1. The van der Waals surface area contributed by atoms with Gasteiger partial charge in [0.1, 0.15) is 6.29 Å². The Hall–Kier alpha value is -0.630. The number of hydrogen-bond donors (Lipinski definition) is 1. The van der Waals surface area contributed by atoms with Crippen molar-refractivity contribution < 1.29 is 9.90 Å². The van der Waals surface area contributed by atoms with Crippen LogP contribution in [-0.4, -0.2) is 17.5 Å². The molecule has 0 radical (unpaired) electrons. The van der Waals surface area contributed by atoms with Gasteiger partial charge in [-0.3, -0.25) is 4.79 Å². The van der Waals surface area contributed by atoms with Crippen molar-refractivity contribution in [3.8, 4) is 0 Å². The van der Waals surface area contributed by atoms with Crippen molar-refractivity contribution in [3.05, 3.63) is 12.2 Å². The van der Waals surface area contributed by atoms with E-state index in [0.717, 1.165) is 12.7 Å². The largest absolute Gasteiger partial charge is 0.393 e. The van der Waals surface area contributed by atoms with E-state index in [1.807, 2.05) is 13.8 Å². The molecule has 0 aromatic heterocycles. The summed E-state index contributed by atoms with van der Waals surface area (Å²) in [5, 5.41) is 9.19. The Bertz CT molecular complexity index is 118. The standard InChI is InChI=1S/C8H14O2/c1-3-8(10)7(2)5-4-6-9/h4-8,10H,3H2,1-2H3. The molecule has 0 heterocycles. The molecule has 2 atom stereocenters. The fraction of sp³-hybridized carbons (Fsp3) is 0.625. The number of rotatable bonds is 4. The van der Waals surface area contributed by atoms with E-state index in [1.54, 1.807) is 6.08 Å². The second-order valence-electron chi connectivity index (χ2n) is 2.36. The highest BCUT2D eigenvalue weighted by Crippen LogP contribution is 2.06. The van der Waals surface area contributed by atoms with Gasteiger partial charge in [0, 0.05) is 5.92 Å². The molecule has 0 bridgehead atoms. The highest BCUT2D eigenvalue weighted by molar-refractivity contribution is 5.64. The molecule has 1 N–H and O–H groups in total. The number of carbonyl (C=O) groups excluding carboxylic acids is 1. The molecule has 0 aliphatic carbocycles. The minimum Gasteiger partial charge on any atom is -0.393 e. The topological polar surface area (TPSA) is 37.3 Å². The Kier molecular flexibility index (Phi) is 4.85. The van der Waals surface area contributed by atoms with Gasteiger partial charge in [-0.15, -0.1) is 0 Å². The van der Waals surface area contributed by atoms with Gasteiger partial charge in [-0.2, -0.15) is 0 Å². The molecular weight excluding hydrogens is 128 g/mol. The van der Waals surface area contributed by atoms with Crippen LogP contribution in [0, 0.1) is 5.92 Å². The van der Waals surface area contributed by atoms with E-state index in [2.05, 4.69) is 0 Å². The molecule has 0 saturated carbocycles. The van der Waals surface area contributed by atoms with Crippen molar-refractivity contribution in [1.82, 2.24) is 0 Å². The monoisotopic (exact) mass is 142 g/mol. The molecule has 2 nitrogen and oxygen atoms in total. The van der Waals surface area contributed by atoms with Crippen molar-refractivity contribution in [1.29, 1.82) is 0 Å².